The molecule has 0 fully saturated rings. The lowest BCUT2D eigenvalue weighted by molar-refractivity contribution is -0.132. The van der Waals surface area contributed by atoms with Gasteiger partial charge in [-0.3, -0.25) is 0 Å². The molecule has 1 heterocycles. The molecule has 2 N–H and O–H groups in total. The van der Waals surface area contributed by atoms with Gasteiger partial charge in [0, 0.05) is 25.4 Å². The molecule has 0 aliphatic heterocycles. The highest BCUT2D eigenvalue weighted by molar-refractivity contribution is 5.79. The van der Waals surface area contributed by atoms with Crippen LogP contribution < -0.4 is 20.1 Å². The van der Waals surface area contributed by atoms with Gasteiger partial charge in [-0.1, -0.05) is 0 Å². The molecule has 0 saturated carbocycles. The molecule has 29 heavy (non-hydrogen) atoms. The van der Waals surface area contributed by atoms with E-state index in [1.807, 2.05) is 26.0 Å². The molecule has 0 atom stereocenters. The number of hydrogen-bond donors (Lipinski definition) is 2. The molecule has 0 aliphatic rings. The fraction of sp³-hybridized carbons (Fsp3) is 0.400. The first-order valence-electron chi connectivity index (χ1n) is 9.34. The predicted octanol–water partition coefficient (Wildman–Crippen LogP) is 4.28. The summed E-state index contributed by atoms with van der Waals surface area (Å²) in [4.78, 5) is 8.49. The second kappa shape index (κ2) is 11.1. The van der Waals surface area contributed by atoms with Gasteiger partial charge in [0.1, 0.15) is 11.5 Å². The zero-order chi connectivity index (χ0) is 21.1. The average molecular weight is 410 g/mol. The molecule has 0 bridgehead atoms. The van der Waals surface area contributed by atoms with Crippen LogP contribution in [0.5, 0.6) is 17.4 Å². The Hall–Kier alpha value is -2.97. The van der Waals surface area contributed by atoms with Gasteiger partial charge in [-0.05, 0) is 49.7 Å². The molecular weight excluding hydrogens is 385 g/mol. The number of aromatic nitrogens is 1. The van der Waals surface area contributed by atoms with Gasteiger partial charge in [0.2, 0.25) is 5.88 Å². The Labute approximate surface area is 168 Å². The first kappa shape index (κ1) is 22.3. The summed E-state index contributed by atoms with van der Waals surface area (Å²) in [6.45, 7) is 4.91. The Morgan fingerprint density at radius 3 is 2.45 bits per heavy atom. The van der Waals surface area contributed by atoms with Gasteiger partial charge in [-0.25, -0.2) is 9.98 Å². The summed E-state index contributed by atoms with van der Waals surface area (Å²) in [5.41, 5.74) is 0.814. The third kappa shape index (κ3) is 8.71. The van der Waals surface area contributed by atoms with Crippen molar-refractivity contribution in [2.45, 2.75) is 33.0 Å². The number of pyridine rings is 1. The lowest BCUT2D eigenvalue weighted by Crippen LogP contribution is -2.38. The molecule has 0 saturated heterocycles. The Bertz CT molecular complexity index is 780. The van der Waals surface area contributed by atoms with Crippen LogP contribution in [0.3, 0.4) is 0 Å². The number of benzene rings is 1. The molecule has 9 heteroatoms. The first-order valence-corrected chi connectivity index (χ1v) is 9.34. The molecular formula is C20H25F3N4O2. The topological polar surface area (TPSA) is 67.8 Å². The number of alkyl halides is 3. The van der Waals surface area contributed by atoms with Crippen molar-refractivity contribution in [2.24, 2.45) is 4.99 Å². The first-order chi connectivity index (χ1) is 13.9. The van der Waals surface area contributed by atoms with Crippen molar-refractivity contribution >= 4 is 5.96 Å². The summed E-state index contributed by atoms with van der Waals surface area (Å²) < 4.78 is 48.0. The van der Waals surface area contributed by atoms with Crippen LogP contribution in [0.2, 0.25) is 0 Å². The van der Waals surface area contributed by atoms with Crippen LogP contribution in [0.25, 0.3) is 0 Å². The number of aliphatic imine (C=N–C) groups is 1. The van der Waals surface area contributed by atoms with Gasteiger partial charge in [0.05, 0.1) is 19.6 Å². The molecule has 158 valence electrons. The van der Waals surface area contributed by atoms with Gasteiger partial charge in [0.25, 0.3) is 0 Å². The minimum absolute atomic E-state index is 0.238. The number of guanidine groups is 1. The van der Waals surface area contributed by atoms with E-state index in [0.717, 1.165) is 11.3 Å². The van der Waals surface area contributed by atoms with E-state index in [0.29, 0.717) is 30.7 Å². The smallest absolute Gasteiger partial charge is 0.390 e. The van der Waals surface area contributed by atoms with E-state index in [-0.39, 0.29) is 13.1 Å². The minimum atomic E-state index is -4.21. The highest BCUT2D eigenvalue weighted by Crippen LogP contribution is 2.23. The minimum Gasteiger partial charge on any atom is -0.494 e. The van der Waals surface area contributed by atoms with Crippen LogP contribution in [0.15, 0.2) is 47.6 Å². The zero-order valence-corrected chi connectivity index (χ0v) is 16.4. The van der Waals surface area contributed by atoms with E-state index in [2.05, 4.69) is 20.6 Å². The number of halogens is 3. The van der Waals surface area contributed by atoms with Crippen molar-refractivity contribution < 1.29 is 22.6 Å². The molecule has 2 rings (SSSR count). The Morgan fingerprint density at radius 1 is 1.07 bits per heavy atom. The summed E-state index contributed by atoms with van der Waals surface area (Å²) >= 11 is 0. The van der Waals surface area contributed by atoms with Gasteiger partial charge in [0.15, 0.2) is 5.96 Å². The Morgan fingerprint density at radius 2 is 1.79 bits per heavy atom. The molecule has 1 aromatic heterocycles. The third-order valence-corrected chi connectivity index (χ3v) is 3.62. The maximum Gasteiger partial charge on any atom is 0.390 e. The normalized spacial score (nSPS) is 11.8. The second-order valence-electron chi connectivity index (χ2n) is 6.00. The largest absolute Gasteiger partial charge is 0.494 e. The second-order valence-corrected chi connectivity index (χ2v) is 6.00. The fourth-order valence-electron chi connectivity index (χ4n) is 2.33. The van der Waals surface area contributed by atoms with E-state index in [1.54, 1.807) is 30.5 Å². The van der Waals surface area contributed by atoms with Crippen LogP contribution in [0, 0.1) is 0 Å². The molecule has 1 aromatic carbocycles. The SMILES string of the molecule is CCNC(=NCc1ccnc(Oc2ccc(OCC)cc2)c1)NCCC(F)(F)F. The van der Waals surface area contributed by atoms with Crippen LogP contribution in [-0.2, 0) is 6.54 Å². The third-order valence-electron chi connectivity index (χ3n) is 3.62. The number of nitrogens with zero attached hydrogens (tertiary/aromatic N) is 2. The quantitative estimate of drug-likeness (QED) is 0.477. The van der Waals surface area contributed by atoms with Crippen LogP contribution in [0.4, 0.5) is 13.2 Å². The van der Waals surface area contributed by atoms with E-state index < -0.39 is 12.6 Å². The number of nitrogens with one attached hydrogen (secondary N) is 2. The van der Waals surface area contributed by atoms with E-state index >= 15 is 0 Å². The maximum atomic E-state index is 12.3. The van der Waals surface area contributed by atoms with Crippen molar-refractivity contribution in [2.75, 3.05) is 19.7 Å². The number of ether oxygens (including phenoxy) is 2. The highest BCUT2D eigenvalue weighted by atomic mass is 19.4. The van der Waals surface area contributed by atoms with Crippen molar-refractivity contribution in [3.8, 4) is 17.4 Å². The summed E-state index contributed by atoms with van der Waals surface area (Å²) in [7, 11) is 0. The molecule has 0 spiro atoms. The van der Waals surface area contributed by atoms with E-state index in [1.165, 1.54) is 0 Å². The zero-order valence-electron chi connectivity index (χ0n) is 16.4. The Balaban J connectivity index is 1.96. The molecule has 0 unspecified atom stereocenters. The lowest BCUT2D eigenvalue weighted by atomic mass is 10.2. The molecule has 0 aliphatic carbocycles. The Kier molecular flexibility index (Phi) is 8.57. The number of hydrogen-bond acceptors (Lipinski definition) is 4. The average Bonchev–Trinajstić information content (AvgIpc) is 2.67. The molecule has 6 nitrogen and oxygen atoms in total. The lowest BCUT2D eigenvalue weighted by Gasteiger charge is -2.12. The van der Waals surface area contributed by atoms with E-state index in [9.17, 15) is 13.2 Å². The van der Waals surface area contributed by atoms with Gasteiger partial charge in [-0.15, -0.1) is 0 Å². The van der Waals surface area contributed by atoms with Crippen LogP contribution in [0.1, 0.15) is 25.8 Å². The van der Waals surface area contributed by atoms with Crippen LogP contribution in [-0.4, -0.2) is 36.8 Å². The van der Waals surface area contributed by atoms with Gasteiger partial charge >= 0.3 is 6.18 Å². The van der Waals surface area contributed by atoms with Gasteiger partial charge < -0.3 is 20.1 Å². The maximum absolute atomic E-state index is 12.3. The van der Waals surface area contributed by atoms with Crippen molar-refractivity contribution in [1.82, 2.24) is 15.6 Å². The van der Waals surface area contributed by atoms with Crippen molar-refractivity contribution in [1.29, 1.82) is 0 Å². The molecule has 0 amide bonds. The fourth-order valence-corrected chi connectivity index (χ4v) is 2.33. The summed E-state index contributed by atoms with van der Waals surface area (Å²) in [6.07, 6.45) is -3.53. The standard InChI is InChI=1S/C20H25F3N4O2/c1-3-24-19(26-12-10-20(21,22)23)27-14-15-9-11-25-18(13-15)29-17-7-5-16(6-8-17)28-4-2/h5-9,11,13H,3-4,10,12,14H2,1-2H3,(H2,24,26,27). The van der Waals surface area contributed by atoms with E-state index in [4.69, 9.17) is 9.47 Å². The highest BCUT2D eigenvalue weighted by Gasteiger charge is 2.26. The molecule has 2 aromatic rings. The van der Waals surface area contributed by atoms with Crippen LogP contribution >= 0.6 is 0 Å². The predicted molar refractivity (Wildman–Crippen MR) is 105 cm³/mol. The monoisotopic (exact) mass is 410 g/mol. The molecule has 0 radical (unpaired) electrons. The van der Waals surface area contributed by atoms with Crippen molar-refractivity contribution in [3.63, 3.8) is 0 Å². The number of rotatable bonds is 9. The summed E-state index contributed by atoms with van der Waals surface area (Å²) in [5.74, 6) is 2.09. The summed E-state index contributed by atoms with van der Waals surface area (Å²) in [6, 6.07) is 10.7. The van der Waals surface area contributed by atoms with Gasteiger partial charge in [-0.2, -0.15) is 13.2 Å². The van der Waals surface area contributed by atoms with Crippen molar-refractivity contribution in [3.05, 3.63) is 48.2 Å². The summed E-state index contributed by atoms with van der Waals surface area (Å²) in [5, 5.41) is 5.60.